The predicted octanol–water partition coefficient (Wildman–Crippen LogP) is 2.51. The second-order valence-electron chi connectivity index (χ2n) is 8.06. The van der Waals surface area contributed by atoms with Gasteiger partial charge in [-0.05, 0) is 60.6 Å². The summed E-state index contributed by atoms with van der Waals surface area (Å²) in [6.07, 6.45) is 4.32. The molecule has 0 aliphatic heterocycles. The van der Waals surface area contributed by atoms with Crippen molar-refractivity contribution in [3.05, 3.63) is 102 Å². The molecule has 0 bridgehead atoms. The van der Waals surface area contributed by atoms with E-state index in [1.165, 1.54) is 46.7 Å². The molecule has 0 aliphatic carbocycles. The quantitative estimate of drug-likeness (QED) is 0.308. The third kappa shape index (κ3) is 5.78. The minimum absolute atomic E-state index is 0.0368. The number of rotatable bonds is 9. The molecule has 0 unspecified atom stereocenters. The van der Waals surface area contributed by atoms with Crippen molar-refractivity contribution in [2.75, 3.05) is 7.05 Å². The molecule has 3 N–H and O–H groups in total. The van der Waals surface area contributed by atoms with Gasteiger partial charge in [-0.2, -0.15) is 0 Å². The average molecular weight is 541 g/mol. The van der Waals surface area contributed by atoms with Crippen LogP contribution in [0.15, 0.2) is 95.1 Å². The van der Waals surface area contributed by atoms with Gasteiger partial charge in [0.25, 0.3) is 10.0 Å². The number of nitrogens with two attached hydrogens (primary N) is 1. The molecule has 0 aliphatic rings. The molecule has 4 aromatic rings. The van der Waals surface area contributed by atoms with E-state index in [0.717, 1.165) is 5.56 Å². The zero-order valence-electron chi connectivity index (χ0n) is 19.7. The average Bonchev–Trinajstić information content (AvgIpc) is 3.32. The molecule has 4 rings (SSSR count). The zero-order valence-corrected chi connectivity index (χ0v) is 21.4. The summed E-state index contributed by atoms with van der Waals surface area (Å²) >= 11 is 0. The highest BCUT2D eigenvalue weighted by Gasteiger charge is 2.23. The lowest BCUT2D eigenvalue weighted by Gasteiger charge is -2.14. The van der Waals surface area contributed by atoms with Crippen molar-refractivity contribution in [3.63, 3.8) is 0 Å². The Morgan fingerprint density at radius 2 is 1.73 bits per heavy atom. The molecule has 2 heterocycles. The van der Waals surface area contributed by atoms with Crippen LogP contribution in [0.5, 0.6) is 0 Å². The van der Waals surface area contributed by atoms with Crippen LogP contribution in [0.25, 0.3) is 11.3 Å². The van der Waals surface area contributed by atoms with Crippen molar-refractivity contribution in [2.45, 2.75) is 22.9 Å². The number of sulfonamides is 1. The molecule has 0 spiro atoms. The maximum absolute atomic E-state index is 13.5. The van der Waals surface area contributed by atoms with Gasteiger partial charge in [0.1, 0.15) is 11.5 Å². The van der Waals surface area contributed by atoms with Crippen LogP contribution in [-0.2, 0) is 37.9 Å². The first-order valence-corrected chi connectivity index (χ1v) is 14.0. The molecule has 2 aromatic heterocycles. The monoisotopic (exact) mass is 540 g/mol. The number of benzene rings is 2. The Bertz CT molecular complexity index is 1630. The van der Waals surface area contributed by atoms with Gasteiger partial charge in [0.05, 0.1) is 16.2 Å². The van der Waals surface area contributed by atoms with Gasteiger partial charge in [-0.3, -0.25) is 4.98 Å². The van der Waals surface area contributed by atoms with E-state index in [4.69, 9.17) is 9.88 Å². The lowest BCUT2D eigenvalue weighted by Crippen LogP contribution is -2.14. The van der Waals surface area contributed by atoms with Crippen LogP contribution in [-0.4, -0.2) is 38.8 Å². The van der Waals surface area contributed by atoms with Gasteiger partial charge in [-0.15, -0.1) is 0 Å². The summed E-state index contributed by atoms with van der Waals surface area (Å²) < 4.78 is 56.5. The largest absolute Gasteiger partial charge is 0.457 e. The first-order chi connectivity index (χ1) is 17.6. The number of primary sulfonamides is 1. The van der Waals surface area contributed by atoms with Crippen LogP contribution in [0.2, 0.25) is 0 Å². The van der Waals surface area contributed by atoms with Crippen LogP contribution < -0.4 is 10.5 Å². The highest BCUT2D eigenvalue weighted by Crippen LogP contribution is 2.30. The summed E-state index contributed by atoms with van der Waals surface area (Å²) in [6, 6.07) is 16.8. The van der Waals surface area contributed by atoms with Gasteiger partial charge in [-0.1, -0.05) is 24.3 Å². The standard InChI is InChI=1S/C25H24N4O6S2/c1-27-14-18-13-24(29(16-18)37(33,34)22-6-4-12-28-15-22)23-7-3-2-5-20(23)17-35-25(30)19-8-10-21(11-9-19)36(26,31)32/h2-13,15-16,27H,14,17H2,1H3,(H2,26,31,32). The molecular weight excluding hydrogens is 516 g/mol. The first-order valence-electron chi connectivity index (χ1n) is 11.0. The fraction of sp³-hybridized carbons (Fsp3) is 0.120. The lowest BCUT2D eigenvalue weighted by molar-refractivity contribution is 0.0473. The Morgan fingerprint density at radius 3 is 2.38 bits per heavy atom. The van der Waals surface area contributed by atoms with Crippen molar-refractivity contribution >= 4 is 26.0 Å². The van der Waals surface area contributed by atoms with E-state index >= 15 is 0 Å². The third-order valence-corrected chi connectivity index (χ3v) is 8.07. The van der Waals surface area contributed by atoms with Crippen LogP contribution >= 0.6 is 0 Å². The van der Waals surface area contributed by atoms with Crippen molar-refractivity contribution in [2.24, 2.45) is 5.14 Å². The zero-order chi connectivity index (χ0) is 26.6. The summed E-state index contributed by atoms with van der Waals surface area (Å²) in [7, 11) is -6.09. The van der Waals surface area contributed by atoms with Crippen molar-refractivity contribution in [1.82, 2.24) is 14.3 Å². The van der Waals surface area contributed by atoms with Gasteiger partial charge >= 0.3 is 5.97 Å². The number of hydrogen-bond donors (Lipinski definition) is 2. The van der Waals surface area contributed by atoms with Crippen LogP contribution in [0, 0.1) is 0 Å². The number of aromatic nitrogens is 2. The number of carbonyl (C=O) groups excluding carboxylic acids is 1. The van der Waals surface area contributed by atoms with E-state index in [9.17, 15) is 21.6 Å². The number of esters is 1. The summed E-state index contributed by atoms with van der Waals surface area (Å²) in [4.78, 5) is 16.5. The van der Waals surface area contributed by atoms with Crippen LogP contribution in [0.3, 0.4) is 0 Å². The molecule has 0 atom stereocenters. The van der Waals surface area contributed by atoms with E-state index in [0.29, 0.717) is 23.4 Å². The van der Waals surface area contributed by atoms with Gasteiger partial charge < -0.3 is 10.1 Å². The number of ether oxygens (including phenoxy) is 1. The minimum Gasteiger partial charge on any atom is -0.457 e. The van der Waals surface area contributed by atoms with Gasteiger partial charge in [0.2, 0.25) is 10.0 Å². The van der Waals surface area contributed by atoms with Crippen molar-refractivity contribution < 1.29 is 26.4 Å². The van der Waals surface area contributed by atoms with Gasteiger partial charge in [0, 0.05) is 30.7 Å². The molecule has 37 heavy (non-hydrogen) atoms. The Balaban J connectivity index is 1.67. The summed E-state index contributed by atoms with van der Waals surface area (Å²) in [6.45, 7) is 0.291. The molecule has 0 saturated carbocycles. The number of carbonyl (C=O) groups is 1. The molecule has 0 saturated heterocycles. The predicted molar refractivity (Wildman–Crippen MR) is 136 cm³/mol. The Kier molecular flexibility index (Phi) is 7.55. The summed E-state index contributed by atoms with van der Waals surface area (Å²) in [5.41, 5.74) is 2.43. The second-order valence-corrected chi connectivity index (χ2v) is 11.4. The molecule has 0 amide bonds. The maximum atomic E-state index is 13.5. The third-order valence-electron chi connectivity index (χ3n) is 5.49. The van der Waals surface area contributed by atoms with Crippen molar-refractivity contribution in [1.29, 1.82) is 0 Å². The molecular formula is C25H24N4O6S2. The minimum atomic E-state index is -3.96. The highest BCUT2D eigenvalue weighted by atomic mass is 32.2. The maximum Gasteiger partial charge on any atom is 0.338 e. The lowest BCUT2D eigenvalue weighted by atomic mass is 10.0. The number of nitrogens with zero attached hydrogens (tertiary/aromatic N) is 2. The van der Waals surface area contributed by atoms with E-state index in [1.807, 2.05) is 0 Å². The van der Waals surface area contributed by atoms with Crippen LogP contribution in [0.4, 0.5) is 0 Å². The first kappa shape index (κ1) is 26.2. The molecule has 2 aromatic carbocycles. The van der Waals surface area contributed by atoms with Gasteiger partial charge in [0.15, 0.2) is 0 Å². The van der Waals surface area contributed by atoms with Crippen LogP contribution in [0.1, 0.15) is 21.5 Å². The Labute approximate surface area is 214 Å². The second kappa shape index (κ2) is 10.6. The Hall–Kier alpha value is -3.84. The van der Waals surface area contributed by atoms with E-state index in [-0.39, 0.29) is 22.0 Å². The van der Waals surface area contributed by atoms with E-state index in [1.54, 1.807) is 49.6 Å². The van der Waals surface area contributed by atoms with E-state index < -0.39 is 26.0 Å². The number of nitrogens with one attached hydrogen (secondary N) is 1. The summed E-state index contributed by atoms with van der Waals surface area (Å²) in [5, 5.41) is 8.11. The molecule has 10 nitrogen and oxygen atoms in total. The molecule has 12 heteroatoms. The Morgan fingerprint density at radius 1 is 1.00 bits per heavy atom. The number of pyridine rings is 1. The molecule has 192 valence electrons. The molecule has 0 fully saturated rings. The smallest absolute Gasteiger partial charge is 0.338 e. The fourth-order valence-electron chi connectivity index (χ4n) is 3.71. The SMILES string of the molecule is CNCc1cc(-c2ccccc2COC(=O)c2ccc(S(N)(=O)=O)cc2)n(S(=O)(=O)c2cccnc2)c1. The number of hydrogen-bond acceptors (Lipinski definition) is 8. The molecule has 0 radical (unpaired) electrons. The van der Waals surface area contributed by atoms with Gasteiger partial charge in [-0.25, -0.2) is 30.7 Å². The van der Waals surface area contributed by atoms with E-state index in [2.05, 4.69) is 10.3 Å². The van der Waals surface area contributed by atoms with Crippen molar-refractivity contribution in [3.8, 4) is 11.3 Å². The fourth-order valence-corrected chi connectivity index (χ4v) is 5.58. The summed E-state index contributed by atoms with van der Waals surface area (Å²) in [5.74, 6) is -0.676. The highest BCUT2D eigenvalue weighted by molar-refractivity contribution is 7.90. The normalized spacial score (nSPS) is 11.8. The topological polar surface area (TPSA) is 150 Å².